The van der Waals surface area contributed by atoms with Gasteiger partial charge in [0.05, 0.1) is 6.20 Å². The number of hydrogen-bond donors (Lipinski definition) is 1. The predicted molar refractivity (Wildman–Crippen MR) is 101 cm³/mol. The van der Waals surface area contributed by atoms with Gasteiger partial charge in [0.1, 0.15) is 5.75 Å². The molecule has 0 spiro atoms. The van der Waals surface area contributed by atoms with Crippen LogP contribution in [-0.2, 0) is 0 Å². The summed E-state index contributed by atoms with van der Waals surface area (Å²) < 4.78 is 5.65. The SMILES string of the molecule is CC1NCCN(C(=O)c2cccc(Oc3cnccn3)c2)C1C.Cl.Cl. The molecule has 1 aliphatic heterocycles. The minimum atomic E-state index is 0. The van der Waals surface area contributed by atoms with E-state index < -0.39 is 0 Å². The zero-order chi connectivity index (χ0) is 16.2. The highest BCUT2D eigenvalue weighted by atomic mass is 35.5. The Hall–Kier alpha value is -1.89. The minimum absolute atomic E-state index is 0. The summed E-state index contributed by atoms with van der Waals surface area (Å²) in [5.41, 5.74) is 0.618. The zero-order valence-electron chi connectivity index (χ0n) is 14.1. The summed E-state index contributed by atoms with van der Waals surface area (Å²) in [5, 5.41) is 3.38. The molecule has 25 heavy (non-hydrogen) atoms. The maximum atomic E-state index is 12.8. The molecule has 1 fully saturated rings. The Morgan fingerprint density at radius 2 is 2.08 bits per heavy atom. The van der Waals surface area contributed by atoms with E-state index in [4.69, 9.17) is 4.74 Å². The van der Waals surface area contributed by atoms with Gasteiger partial charge in [-0.15, -0.1) is 24.8 Å². The standard InChI is InChI=1S/C17H20N4O2.2ClH/c1-12-13(2)21(9-8-19-12)17(22)14-4-3-5-15(10-14)23-16-11-18-6-7-20-16;;/h3-7,10-13,19H,8-9H2,1-2H3;2*1H. The van der Waals surface area contributed by atoms with Gasteiger partial charge >= 0.3 is 0 Å². The van der Waals surface area contributed by atoms with Crippen molar-refractivity contribution in [3.05, 3.63) is 48.4 Å². The van der Waals surface area contributed by atoms with Gasteiger partial charge in [0.2, 0.25) is 5.88 Å². The summed E-state index contributed by atoms with van der Waals surface area (Å²) in [6.45, 7) is 5.68. The average Bonchev–Trinajstić information content (AvgIpc) is 2.58. The third-order valence-electron chi connectivity index (χ3n) is 4.14. The number of nitrogens with one attached hydrogen (secondary N) is 1. The lowest BCUT2D eigenvalue weighted by atomic mass is 10.1. The van der Waals surface area contributed by atoms with Crippen molar-refractivity contribution in [1.82, 2.24) is 20.2 Å². The minimum Gasteiger partial charge on any atom is -0.437 e. The number of carbonyl (C=O) groups is 1. The zero-order valence-corrected chi connectivity index (χ0v) is 15.7. The monoisotopic (exact) mass is 384 g/mol. The quantitative estimate of drug-likeness (QED) is 0.880. The molecule has 136 valence electrons. The van der Waals surface area contributed by atoms with E-state index in [1.165, 1.54) is 6.20 Å². The summed E-state index contributed by atoms with van der Waals surface area (Å²) in [6, 6.07) is 7.61. The lowest BCUT2D eigenvalue weighted by Gasteiger charge is -2.38. The number of nitrogens with zero attached hydrogens (tertiary/aromatic N) is 3. The van der Waals surface area contributed by atoms with Gasteiger partial charge < -0.3 is 15.0 Å². The Morgan fingerprint density at radius 1 is 1.28 bits per heavy atom. The van der Waals surface area contributed by atoms with Gasteiger partial charge in [-0.25, -0.2) is 4.98 Å². The van der Waals surface area contributed by atoms with Crippen LogP contribution in [0.25, 0.3) is 0 Å². The van der Waals surface area contributed by atoms with Gasteiger partial charge in [-0.3, -0.25) is 9.78 Å². The van der Waals surface area contributed by atoms with Crippen LogP contribution in [0.3, 0.4) is 0 Å². The van der Waals surface area contributed by atoms with E-state index in [1.807, 2.05) is 17.0 Å². The molecule has 1 aromatic heterocycles. The van der Waals surface area contributed by atoms with Crippen LogP contribution < -0.4 is 10.1 Å². The Morgan fingerprint density at radius 3 is 2.80 bits per heavy atom. The fraction of sp³-hybridized carbons (Fsp3) is 0.353. The van der Waals surface area contributed by atoms with Crippen LogP contribution in [0.4, 0.5) is 0 Å². The number of piperazine rings is 1. The molecule has 6 nitrogen and oxygen atoms in total. The summed E-state index contributed by atoms with van der Waals surface area (Å²) >= 11 is 0. The van der Waals surface area contributed by atoms with Gasteiger partial charge in [-0.2, -0.15) is 0 Å². The van der Waals surface area contributed by atoms with Crippen molar-refractivity contribution < 1.29 is 9.53 Å². The van der Waals surface area contributed by atoms with Crippen molar-refractivity contribution >= 4 is 30.7 Å². The van der Waals surface area contributed by atoms with Crippen molar-refractivity contribution in [3.8, 4) is 11.6 Å². The normalized spacial score (nSPS) is 19.4. The molecular formula is C17H22Cl2N4O2. The molecule has 3 rings (SSSR count). The molecule has 2 heterocycles. The van der Waals surface area contributed by atoms with Gasteiger partial charge in [-0.05, 0) is 32.0 Å². The average molecular weight is 385 g/mol. The van der Waals surface area contributed by atoms with Crippen molar-refractivity contribution in [1.29, 1.82) is 0 Å². The van der Waals surface area contributed by atoms with E-state index >= 15 is 0 Å². The van der Waals surface area contributed by atoms with Gasteiger partial charge in [0.15, 0.2) is 0 Å². The molecule has 1 saturated heterocycles. The van der Waals surface area contributed by atoms with E-state index in [-0.39, 0.29) is 42.8 Å². The van der Waals surface area contributed by atoms with Crippen molar-refractivity contribution in [3.63, 3.8) is 0 Å². The van der Waals surface area contributed by atoms with E-state index in [9.17, 15) is 4.79 Å². The number of ether oxygens (including phenoxy) is 1. The second kappa shape index (κ2) is 9.56. The Kier molecular flexibility index (Phi) is 8.09. The number of carbonyl (C=O) groups excluding carboxylic acids is 1. The van der Waals surface area contributed by atoms with Crippen LogP contribution in [0, 0.1) is 0 Å². The van der Waals surface area contributed by atoms with Crippen LogP contribution in [0.2, 0.25) is 0 Å². The van der Waals surface area contributed by atoms with E-state index in [2.05, 4.69) is 29.1 Å². The summed E-state index contributed by atoms with van der Waals surface area (Å²) in [5.74, 6) is 1.00. The molecule has 1 aliphatic rings. The maximum absolute atomic E-state index is 12.8. The van der Waals surface area contributed by atoms with Gasteiger partial charge in [0, 0.05) is 43.1 Å². The smallest absolute Gasteiger partial charge is 0.254 e. The molecule has 2 unspecified atom stereocenters. The number of hydrogen-bond acceptors (Lipinski definition) is 5. The van der Waals surface area contributed by atoms with E-state index in [0.717, 1.165) is 6.54 Å². The third kappa shape index (κ3) is 5.04. The first-order valence-electron chi connectivity index (χ1n) is 7.73. The second-order valence-corrected chi connectivity index (χ2v) is 5.66. The predicted octanol–water partition coefficient (Wildman–Crippen LogP) is 2.93. The second-order valence-electron chi connectivity index (χ2n) is 5.66. The van der Waals surface area contributed by atoms with Crippen molar-refractivity contribution in [2.24, 2.45) is 0 Å². The molecule has 0 bridgehead atoms. The Labute approximate surface area is 159 Å². The Bertz CT molecular complexity index is 687. The number of halogens is 2. The summed E-state index contributed by atoms with van der Waals surface area (Å²) in [6.07, 6.45) is 4.68. The number of amides is 1. The van der Waals surface area contributed by atoms with Gasteiger partial charge in [-0.1, -0.05) is 6.07 Å². The highest BCUT2D eigenvalue weighted by molar-refractivity contribution is 5.95. The molecule has 0 aliphatic carbocycles. The molecule has 2 aromatic rings. The molecule has 1 N–H and O–H groups in total. The topological polar surface area (TPSA) is 67.4 Å². The third-order valence-corrected chi connectivity index (χ3v) is 4.14. The van der Waals surface area contributed by atoms with E-state index in [1.54, 1.807) is 24.5 Å². The highest BCUT2D eigenvalue weighted by Crippen LogP contribution is 2.21. The number of rotatable bonds is 3. The summed E-state index contributed by atoms with van der Waals surface area (Å²) in [4.78, 5) is 22.7. The maximum Gasteiger partial charge on any atom is 0.254 e. The first-order valence-corrected chi connectivity index (χ1v) is 7.73. The largest absolute Gasteiger partial charge is 0.437 e. The lowest BCUT2D eigenvalue weighted by Crippen LogP contribution is -2.57. The molecule has 1 amide bonds. The van der Waals surface area contributed by atoms with Crippen LogP contribution in [-0.4, -0.2) is 45.9 Å². The first kappa shape index (κ1) is 21.2. The fourth-order valence-electron chi connectivity index (χ4n) is 2.66. The molecule has 1 aromatic carbocycles. The lowest BCUT2D eigenvalue weighted by molar-refractivity contribution is 0.0602. The molecule has 0 radical (unpaired) electrons. The van der Waals surface area contributed by atoms with E-state index in [0.29, 0.717) is 23.7 Å². The molecule has 8 heteroatoms. The molecule has 2 atom stereocenters. The molecule has 0 saturated carbocycles. The van der Waals surface area contributed by atoms with Crippen LogP contribution in [0.15, 0.2) is 42.9 Å². The number of aromatic nitrogens is 2. The fourth-order valence-corrected chi connectivity index (χ4v) is 2.66. The highest BCUT2D eigenvalue weighted by Gasteiger charge is 2.28. The summed E-state index contributed by atoms with van der Waals surface area (Å²) in [7, 11) is 0. The first-order chi connectivity index (χ1) is 11.1. The van der Waals surface area contributed by atoms with Gasteiger partial charge in [0.25, 0.3) is 5.91 Å². The van der Waals surface area contributed by atoms with Crippen molar-refractivity contribution in [2.75, 3.05) is 13.1 Å². The molecular weight excluding hydrogens is 363 g/mol. The van der Waals surface area contributed by atoms with Crippen LogP contribution >= 0.6 is 24.8 Å². The van der Waals surface area contributed by atoms with Crippen molar-refractivity contribution in [2.45, 2.75) is 25.9 Å². The number of benzene rings is 1. The van der Waals surface area contributed by atoms with Crippen LogP contribution in [0.5, 0.6) is 11.6 Å². The Balaban J connectivity index is 0.00000156. The van der Waals surface area contributed by atoms with Crippen LogP contribution in [0.1, 0.15) is 24.2 Å².